The molecule has 5 aromatic rings. The highest BCUT2D eigenvalue weighted by molar-refractivity contribution is 6.22. The van der Waals surface area contributed by atoms with Crippen molar-refractivity contribution >= 4 is 34.6 Å². The summed E-state index contributed by atoms with van der Waals surface area (Å²) in [6.45, 7) is 0. The summed E-state index contributed by atoms with van der Waals surface area (Å²) in [4.78, 5) is 25.0. The summed E-state index contributed by atoms with van der Waals surface area (Å²) < 4.78 is 0. The van der Waals surface area contributed by atoms with Gasteiger partial charge in [0.2, 0.25) is 0 Å². The van der Waals surface area contributed by atoms with E-state index in [9.17, 15) is 9.59 Å². The van der Waals surface area contributed by atoms with Gasteiger partial charge in [0.25, 0.3) is 11.8 Å². The number of nitrogens with one attached hydrogen (secondary N) is 3. The number of amides is 2. The number of hydrogen-bond donors (Lipinski definition) is 3. The first kappa shape index (κ1) is 22.3. The predicted octanol–water partition coefficient (Wildman–Crippen LogP) is 7.39. The number of carbonyl (C=O) groups is 2. The molecule has 0 saturated heterocycles. The molecule has 3 N–H and O–H groups in total. The van der Waals surface area contributed by atoms with Crippen LogP contribution in [0.5, 0.6) is 0 Å². The molecule has 5 nitrogen and oxygen atoms in total. The van der Waals surface area contributed by atoms with Crippen LogP contribution in [0.3, 0.4) is 0 Å². The van der Waals surface area contributed by atoms with Crippen molar-refractivity contribution in [2.75, 3.05) is 10.6 Å². The third-order valence-corrected chi connectivity index (χ3v) is 6.44. The standard InChI is InChI=1S/C32H23N3O2/c36-31-25-19-29(33-27-17-9-7-15-23(27)21-11-3-1-4-12-21)30(20-26(25)32(37)35-31)34-28-18-10-8-16-24(28)22-13-5-2-6-14-22/h1-20,33-34H,(H,35,36,37). The monoisotopic (exact) mass is 481 g/mol. The largest absolute Gasteiger partial charge is 0.353 e. The Morgan fingerprint density at radius 2 is 0.784 bits per heavy atom. The van der Waals surface area contributed by atoms with Crippen LogP contribution in [0.25, 0.3) is 22.3 Å². The zero-order valence-corrected chi connectivity index (χ0v) is 19.9. The van der Waals surface area contributed by atoms with E-state index >= 15 is 0 Å². The van der Waals surface area contributed by atoms with Gasteiger partial charge in [-0.25, -0.2) is 0 Å². The third kappa shape index (κ3) is 4.34. The SMILES string of the molecule is O=C1NC(=O)c2cc(Nc3ccccc3-c3ccccc3)c(Nc3ccccc3-c3ccccc3)cc21. The number of carbonyl (C=O) groups excluding carboxylic acids is 2. The molecule has 0 saturated carbocycles. The highest BCUT2D eigenvalue weighted by Crippen LogP contribution is 2.38. The van der Waals surface area contributed by atoms with Gasteiger partial charge in [-0.1, -0.05) is 97.1 Å². The van der Waals surface area contributed by atoms with E-state index in [4.69, 9.17) is 0 Å². The molecule has 0 aromatic heterocycles. The minimum absolute atomic E-state index is 0.353. The Morgan fingerprint density at radius 3 is 1.22 bits per heavy atom. The minimum atomic E-state index is -0.393. The van der Waals surface area contributed by atoms with Crippen LogP contribution in [0.15, 0.2) is 121 Å². The Morgan fingerprint density at radius 1 is 0.405 bits per heavy atom. The van der Waals surface area contributed by atoms with E-state index in [0.29, 0.717) is 22.5 Å². The van der Waals surface area contributed by atoms with Gasteiger partial charge in [-0.05, 0) is 35.4 Å². The topological polar surface area (TPSA) is 70.2 Å². The summed E-state index contributed by atoms with van der Waals surface area (Å²) >= 11 is 0. The lowest BCUT2D eigenvalue weighted by Gasteiger charge is -2.19. The summed E-state index contributed by atoms with van der Waals surface area (Å²) in [7, 11) is 0. The van der Waals surface area contributed by atoms with E-state index in [-0.39, 0.29) is 0 Å². The van der Waals surface area contributed by atoms with Crippen molar-refractivity contribution in [3.05, 3.63) is 132 Å². The first-order chi connectivity index (χ1) is 18.2. The zero-order valence-electron chi connectivity index (χ0n) is 19.9. The highest BCUT2D eigenvalue weighted by atomic mass is 16.2. The Hall–Kier alpha value is -5.16. The van der Waals surface area contributed by atoms with Gasteiger partial charge in [0.1, 0.15) is 0 Å². The van der Waals surface area contributed by atoms with E-state index < -0.39 is 11.8 Å². The molecule has 5 aromatic carbocycles. The fourth-order valence-electron chi connectivity index (χ4n) is 4.63. The number of imide groups is 1. The number of benzene rings is 5. The molecular weight excluding hydrogens is 458 g/mol. The van der Waals surface area contributed by atoms with Gasteiger partial charge in [-0.2, -0.15) is 0 Å². The van der Waals surface area contributed by atoms with Crippen LogP contribution in [-0.4, -0.2) is 11.8 Å². The molecule has 5 heteroatoms. The second-order valence-corrected chi connectivity index (χ2v) is 8.80. The van der Waals surface area contributed by atoms with Gasteiger partial charge >= 0.3 is 0 Å². The summed E-state index contributed by atoms with van der Waals surface area (Å²) in [5.41, 5.74) is 8.06. The number of rotatable bonds is 6. The fourth-order valence-corrected chi connectivity index (χ4v) is 4.63. The average molecular weight is 482 g/mol. The first-order valence-corrected chi connectivity index (χ1v) is 12.0. The Bertz CT molecular complexity index is 1510. The number of fused-ring (bicyclic) bond motifs is 1. The lowest BCUT2D eigenvalue weighted by molar-refractivity contribution is 0.0879. The summed E-state index contributed by atoms with van der Waals surface area (Å²) in [5.74, 6) is -0.786. The Labute approximate surface area is 214 Å². The van der Waals surface area contributed by atoms with Crippen molar-refractivity contribution in [2.24, 2.45) is 0 Å². The zero-order chi connectivity index (χ0) is 25.2. The third-order valence-electron chi connectivity index (χ3n) is 6.44. The Kier molecular flexibility index (Phi) is 5.71. The lowest BCUT2D eigenvalue weighted by atomic mass is 10.0. The molecule has 1 aliphatic rings. The summed E-state index contributed by atoms with van der Waals surface area (Å²) in [5, 5.41) is 9.47. The number of hydrogen-bond acceptors (Lipinski definition) is 4. The quantitative estimate of drug-likeness (QED) is 0.221. The van der Waals surface area contributed by atoms with Crippen LogP contribution in [0.2, 0.25) is 0 Å². The van der Waals surface area contributed by atoms with E-state index in [1.54, 1.807) is 12.1 Å². The van der Waals surface area contributed by atoms with Gasteiger partial charge in [0.05, 0.1) is 22.5 Å². The highest BCUT2D eigenvalue weighted by Gasteiger charge is 2.29. The maximum atomic E-state index is 12.5. The molecule has 0 radical (unpaired) electrons. The molecule has 6 rings (SSSR count). The van der Waals surface area contributed by atoms with Crippen LogP contribution in [-0.2, 0) is 0 Å². The van der Waals surface area contributed by atoms with Crippen LogP contribution in [0.4, 0.5) is 22.7 Å². The van der Waals surface area contributed by atoms with E-state index in [0.717, 1.165) is 33.6 Å². The molecule has 0 aliphatic carbocycles. The van der Waals surface area contributed by atoms with Gasteiger partial charge < -0.3 is 10.6 Å². The molecule has 0 atom stereocenters. The van der Waals surface area contributed by atoms with E-state index in [2.05, 4.69) is 52.3 Å². The van der Waals surface area contributed by atoms with E-state index in [1.165, 1.54) is 0 Å². The van der Waals surface area contributed by atoms with Crippen molar-refractivity contribution in [3.8, 4) is 22.3 Å². The molecule has 0 unspecified atom stereocenters. The first-order valence-electron chi connectivity index (χ1n) is 12.0. The number of anilines is 4. The maximum Gasteiger partial charge on any atom is 0.259 e. The summed E-state index contributed by atoms with van der Waals surface area (Å²) in [6, 6.07) is 39.8. The van der Waals surface area contributed by atoms with E-state index in [1.807, 2.05) is 72.8 Å². The molecule has 0 bridgehead atoms. The second-order valence-electron chi connectivity index (χ2n) is 8.80. The summed E-state index contributed by atoms with van der Waals surface area (Å²) in [6.07, 6.45) is 0. The average Bonchev–Trinajstić information content (AvgIpc) is 3.22. The van der Waals surface area contributed by atoms with Crippen molar-refractivity contribution < 1.29 is 9.59 Å². The fraction of sp³-hybridized carbons (Fsp3) is 0. The van der Waals surface area contributed by atoms with Crippen molar-refractivity contribution in [1.29, 1.82) is 0 Å². The Balaban J connectivity index is 1.46. The van der Waals surface area contributed by atoms with Crippen LogP contribution in [0.1, 0.15) is 20.7 Å². The molecule has 0 spiro atoms. The molecule has 1 aliphatic heterocycles. The van der Waals surface area contributed by atoms with Gasteiger partial charge in [-0.3, -0.25) is 14.9 Å². The van der Waals surface area contributed by atoms with Gasteiger partial charge in [0.15, 0.2) is 0 Å². The lowest BCUT2D eigenvalue weighted by Crippen LogP contribution is -2.19. The van der Waals surface area contributed by atoms with Crippen LogP contribution in [0, 0.1) is 0 Å². The smallest absolute Gasteiger partial charge is 0.259 e. The van der Waals surface area contributed by atoms with Crippen LogP contribution >= 0.6 is 0 Å². The maximum absolute atomic E-state index is 12.5. The minimum Gasteiger partial charge on any atom is -0.353 e. The van der Waals surface area contributed by atoms with Crippen LogP contribution < -0.4 is 16.0 Å². The second kappa shape index (κ2) is 9.47. The number of para-hydroxylation sites is 2. The van der Waals surface area contributed by atoms with Crippen molar-refractivity contribution in [1.82, 2.24) is 5.32 Å². The molecule has 37 heavy (non-hydrogen) atoms. The molecular formula is C32H23N3O2. The molecule has 0 fully saturated rings. The predicted molar refractivity (Wildman–Crippen MR) is 149 cm³/mol. The van der Waals surface area contributed by atoms with Crippen molar-refractivity contribution in [3.63, 3.8) is 0 Å². The normalized spacial score (nSPS) is 12.1. The van der Waals surface area contributed by atoms with Crippen molar-refractivity contribution in [2.45, 2.75) is 0 Å². The molecule has 2 amide bonds. The van der Waals surface area contributed by atoms with Gasteiger partial charge in [-0.15, -0.1) is 0 Å². The van der Waals surface area contributed by atoms with Gasteiger partial charge in [0, 0.05) is 22.5 Å². The molecule has 1 heterocycles. The molecule has 178 valence electrons.